The number of hydrogen-bond donors (Lipinski definition) is 1. The molecule has 2 heteroatoms. The summed E-state index contributed by atoms with van der Waals surface area (Å²) in [6.07, 6.45) is 0.907. The SMILES string of the molecule is CC1(Cl)Cc2ccccc2N1. The molecule has 0 amide bonds. The first-order chi connectivity index (χ1) is 5.17. The summed E-state index contributed by atoms with van der Waals surface area (Å²) in [6.45, 7) is 1.99. The van der Waals surface area contributed by atoms with Crippen LogP contribution in [0.3, 0.4) is 0 Å². The molecule has 1 nitrogen and oxygen atoms in total. The molecule has 0 aromatic heterocycles. The van der Waals surface area contributed by atoms with Crippen molar-refractivity contribution in [2.75, 3.05) is 5.32 Å². The molecule has 58 valence electrons. The van der Waals surface area contributed by atoms with Crippen molar-refractivity contribution in [1.29, 1.82) is 0 Å². The van der Waals surface area contributed by atoms with Gasteiger partial charge in [-0.15, -0.1) is 0 Å². The van der Waals surface area contributed by atoms with Gasteiger partial charge in [0.25, 0.3) is 0 Å². The zero-order chi connectivity index (χ0) is 7.90. The summed E-state index contributed by atoms with van der Waals surface area (Å²) in [7, 11) is 0. The van der Waals surface area contributed by atoms with Gasteiger partial charge < -0.3 is 5.32 Å². The van der Waals surface area contributed by atoms with Crippen molar-refractivity contribution in [2.45, 2.75) is 18.3 Å². The number of anilines is 1. The molecule has 0 radical (unpaired) electrons. The van der Waals surface area contributed by atoms with Crippen molar-refractivity contribution in [2.24, 2.45) is 0 Å². The van der Waals surface area contributed by atoms with Gasteiger partial charge in [0.2, 0.25) is 0 Å². The third-order valence-electron chi connectivity index (χ3n) is 1.94. The first kappa shape index (κ1) is 6.99. The lowest BCUT2D eigenvalue weighted by Gasteiger charge is -2.14. The predicted octanol–water partition coefficient (Wildman–Crippen LogP) is 2.61. The van der Waals surface area contributed by atoms with E-state index in [0.717, 1.165) is 6.42 Å². The molecule has 0 bridgehead atoms. The van der Waals surface area contributed by atoms with Crippen molar-refractivity contribution in [3.63, 3.8) is 0 Å². The highest BCUT2D eigenvalue weighted by Gasteiger charge is 2.28. The maximum atomic E-state index is 6.12. The number of benzene rings is 1. The lowest BCUT2D eigenvalue weighted by molar-refractivity contribution is 0.753. The van der Waals surface area contributed by atoms with Gasteiger partial charge >= 0.3 is 0 Å². The Morgan fingerprint density at radius 2 is 2.18 bits per heavy atom. The lowest BCUT2D eigenvalue weighted by Crippen LogP contribution is -2.23. The van der Waals surface area contributed by atoms with E-state index in [4.69, 9.17) is 11.6 Å². The summed E-state index contributed by atoms with van der Waals surface area (Å²) in [6, 6.07) is 8.22. The second-order valence-electron chi connectivity index (χ2n) is 3.16. The van der Waals surface area contributed by atoms with Crippen molar-refractivity contribution in [3.05, 3.63) is 29.8 Å². The van der Waals surface area contributed by atoms with E-state index < -0.39 is 0 Å². The molecule has 0 spiro atoms. The molecule has 2 rings (SSSR count). The number of para-hydroxylation sites is 1. The van der Waals surface area contributed by atoms with E-state index in [0.29, 0.717) is 0 Å². The molecule has 1 aromatic carbocycles. The highest BCUT2D eigenvalue weighted by molar-refractivity contribution is 6.25. The van der Waals surface area contributed by atoms with Crippen molar-refractivity contribution in [1.82, 2.24) is 0 Å². The normalized spacial score (nSPS) is 27.8. The van der Waals surface area contributed by atoms with Crippen molar-refractivity contribution < 1.29 is 0 Å². The Hall–Kier alpha value is -0.690. The molecule has 1 aromatic rings. The molecule has 1 unspecified atom stereocenters. The Labute approximate surface area is 71.4 Å². The van der Waals surface area contributed by atoms with Crippen LogP contribution in [0, 0.1) is 0 Å². The second kappa shape index (κ2) is 2.15. The van der Waals surface area contributed by atoms with Crippen molar-refractivity contribution in [3.8, 4) is 0 Å². The largest absolute Gasteiger partial charge is 0.366 e. The minimum atomic E-state index is -0.274. The molecule has 1 aliphatic rings. The van der Waals surface area contributed by atoms with E-state index in [1.807, 2.05) is 19.1 Å². The van der Waals surface area contributed by atoms with E-state index in [2.05, 4.69) is 17.4 Å². The van der Waals surface area contributed by atoms with Crippen LogP contribution >= 0.6 is 11.6 Å². The summed E-state index contributed by atoms with van der Waals surface area (Å²) in [5.74, 6) is 0. The Morgan fingerprint density at radius 3 is 2.91 bits per heavy atom. The first-order valence-corrected chi connectivity index (χ1v) is 4.10. The van der Waals surface area contributed by atoms with Crippen LogP contribution in [0.4, 0.5) is 5.69 Å². The van der Waals surface area contributed by atoms with E-state index in [9.17, 15) is 0 Å². The zero-order valence-electron chi connectivity index (χ0n) is 6.39. The van der Waals surface area contributed by atoms with Crippen LogP contribution < -0.4 is 5.32 Å². The molecule has 11 heavy (non-hydrogen) atoms. The van der Waals surface area contributed by atoms with E-state index in [-0.39, 0.29) is 5.00 Å². The van der Waals surface area contributed by atoms with Gasteiger partial charge in [0.1, 0.15) is 5.00 Å². The molecule has 0 saturated carbocycles. The number of alkyl halides is 1. The third-order valence-corrected chi connectivity index (χ3v) is 2.16. The van der Waals surface area contributed by atoms with Gasteiger partial charge in [0.15, 0.2) is 0 Å². The molecule has 0 aliphatic carbocycles. The average molecular weight is 168 g/mol. The second-order valence-corrected chi connectivity index (χ2v) is 3.99. The number of fused-ring (bicyclic) bond motifs is 1. The Bertz CT molecular complexity index is 254. The molecule has 1 heterocycles. The zero-order valence-corrected chi connectivity index (χ0v) is 7.15. The van der Waals surface area contributed by atoms with Crippen LogP contribution in [0.15, 0.2) is 24.3 Å². The molecule has 1 N–H and O–H groups in total. The number of nitrogens with one attached hydrogen (secondary N) is 1. The Balaban J connectivity index is 2.41. The predicted molar refractivity (Wildman–Crippen MR) is 48.0 cm³/mol. The van der Waals surface area contributed by atoms with Crippen molar-refractivity contribution >= 4 is 17.3 Å². The number of hydrogen-bond acceptors (Lipinski definition) is 1. The molecule has 0 fully saturated rings. The van der Waals surface area contributed by atoms with Gasteiger partial charge in [-0.05, 0) is 18.6 Å². The molecule has 1 atom stereocenters. The standard InChI is InChI=1S/C9H10ClN/c1-9(10)6-7-4-2-3-5-8(7)11-9/h2-5,11H,6H2,1H3. The minimum Gasteiger partial charge on any atom is -0.366 e. The van der Waals surface area contributed by atoms with Gasteiger partial charge in [-0.2, -0.15) is 0 Å². The van der Waals surface area contributed by atoms with Crippen LogP contribution in [0.5, 0.6) is 0 Å². The van der Waals surface area contributed by atoms with Crippen LogP contribution in [0.25, 0.3) is 0 Å². The quantitative estimate of drug-likeness (QED) is 0.463. The highest BCUT2D eigenvalue weighted by Crippen LogP contribution is 2.34. The number of rotatable bonds is 0. The van der Waals surface area contributed by atoms with Gasteiger partial charge in [-0.1, -0.05) is 29.8 Å². The van der Waals surface area contributed by atoms with E-state index in [1.165, 1.54) is 11.3 Å². The molecular weight excluding hydrogens is 158 g/mol. The summed E-state index contributed by atoms with van der Waals surface area (Å²) < 4.78 is 0. The maximum absolute atomic E-state index is 6.12. The fourth-order valence-corrected chi connectivity index (χ4v) is 1.72. The smallest absolute Gasteiger partial charge is 0.113 e. The first-order valence-electron chi connectivity index (χ1n) is 3.72. The van der Waals surface area contributed by atoms with E-state index >= 15 is 0 Å². The maximum Gasteiger partial charge on any atom is 0.113 e. The molecule has 1 aliphatic heterocycles. The van der Waals surface area contributed by atoms with Gasteiger partial charge in [0, 0.05) is 12.1 Å². The highest BCUT2D eigenvalue weighted by atomic mass is 35.5. The van der Waals surface area contributed by atoms with Crippen LogP contribution in [-0.2, 0) is 6.42 Å². The fraction of sp³-hybridized carbons (Fsp3) is 0.333. The fourth-order valence-electron chi connectivity index (χ4n) is 1.48. The van der Waals surface area contributed by atoms with Gasteiger partial charge in [-0.25, -0.2) is 0 Å². The monoisotopic (exact) mass is 167 g/mol. The average Bonchev–Trinajstić information content (AvgIpc) is 2.21. The van der Waals surface area contributed by atoms with E-state index in [1.54, 1.807) is 0 Å². The minimum absolute atomic E-state index is 0.274. The van der Waals surface area contributed by atoms with Crippen LogP contribution in [-0.4, -0.2) is 5.00 Å². The summed E-state index contributed by atoms with van der Waals surface area (Å²) in [5, 5.41) is 3.24. The summed E-state index contributed by atoms with van der Waals surface area (Å²) in [5.41, 5.74) is 2.48. The summed E-state index contributed by atoms with van der Waals surface area (Å²) in [4.78, 5) is -0.274. The number of halogens is 1. The molecule has 0 saturated heterocycles. The Kier molecular flexibility index (Phi) is 1.36. The third kappa shape index (κ3) is 1.21. The molecular formula is C9H10ClN. The Morgan fingerprint density at radius 1 is 1.45 bits per heavy atom. The van der Waals surface area contributed by atoms with Gasteiger partial charge in [-0.3, -0.25) is 0 Å². The summed E-state index contributed by atoms with van der Waals surface area (Å²) >= 11 is 6.12. The topological polar surface area (TPSA) is 12.0 Å². The lowest BCUT2D eigenvalue weighted by atomic mass is 10.1. The van der Waals surface area contributed by atoms with Gasteiger partial charge in [0.05, 0.1) is 0 Å². The van der Waals surface area contributed by atoms with Crippen LogP contribution in [0.2, 0.25) is 0 Å². The van der Waals surface area contributed by atoms with Crippen LogP contribution in [0.1, 0.15) is 12.5 Å².